The zero-order valence-electron chi connectivity index (χ0n) is 10.2. The third-order valence-corrected chi connectivity index (χ3v) is 2.30. The van der Waals surface area contributed by atoms with E-state index in [-0.39, 0.29) is 5.56 Å². The van der Waals surface area contributed by atoms with Crippen LogP contribution in [0.15, 0.2) is 30.4 Å². The first-order valence-corrected chi connectivity index (χ1v) is 5.65. The van der Waals surface area contributed by atoms with Gasteiger partial charge in [0, 0.05) is 11.6 Å². The van der Waals surface area contributed by atoms with Gasteiger partial charge in [0.15, 0.2) is 0 Å². The van der Waals surface area contributed by atoms with Crippen LogP contribution in [-0.2, 0) is 4.79 Å². The van der Waals surface area contributed by atoms with Crippen molar-refractivity contribution in [1.82, 2.24) is 5.32 Å². The predicted octanol–water partition coefficient (Wildman–Crippen LogP) is 2.55. The second-order valence-corrected chi connectivity index (χ2v) is 3.75. The summed E-state index contributed by atoms with van der Waals surface area (Å²) < 4.78 is 13.4. The van der Waals surface area contributed by atoms with Gasteiger partial charge in [0.2, 0.25) is 0 Å². The highest BCUT2D eigenvalue weighted by Gasteiger charge is 1.99. The Kier molecular flexibility index (Phi) is 5.80. The van der Waals surface area contributed by atoms with E-state index < -0.39 is 11.8 Å². The van der Waals surface area contributed by atoms with Crippen LogP contribution in [0, 0.1) is 5.82 Å². The van der Waals surface area contributed by atoms with Crippen molar-refractivity contribution in [2.45, 2.75) is 6.42 Å². The van der Waals surface area contributed by atoms with E-state index in [0.717, 1.165) is 24.6 Å². The molecule has 0 amide bonds. The zero-order chi connectivity index (χ0) is 13.4. The molecule has 4 heteroatoms. The average molecular weight is 249 g/mol. The minimum Gasteiger partial charge on any atom is -0.478 e. The number of carboxylic acids is 1. The average Bonchev–Trinajstić information content (AvgIpc) is 2.34. The van der Waals surface area contributed by atoms with E-state index in [1.807, 2.05) is 19.2 Å². The summed E-state index contributed by atoms with van der Waals surface area (Å²) in [7, 11) is 1.88. The van der Waals surface area contributed by atoms with Crippen LogP contribution in [0.1, 0.15) is 17.5 Å². The SMILES string of the molecule is CNCCC=Cc1ccc(F)c(/C=C/C(=O)O)c1. The Hall–Kier alpha value is -1.94. The van der Waals surface area contributed by atoms with Crippen molar-refractivity contribution in [3.63, 3.8) is 0 Å². The smallest absolute Gasteiger partial charge is 0.328 e. The van der Waals surface area contributed by atoms with Crippen molar-refractivity contribution in [2.24, 2.45) is 0 Å². The van der Waals surface area contributed by atoms with Crippen LogP contribution >= 0.6 is 0 Å². The van der Waals surface area contributed by atoms with Gasteiger partial charge >= 0.3 is 5.97 Å². The molecule has 0 heterocycles. The molecule has 0 aliphatic heterocycles. The Morgan fingerprint density at radius 3 is 2.89 bits per heavy atom. The van der Waals surface area contributed by atoms with Gasteiger partial charge in [-0.15, -0.1) is 0 Å². The molecular weight excluding hydrogens is 233 g/mol. The van der Waals surface area contributed by atoms with E-state index in [2.05, 4.69) is 5.32 Å². The number of benzene rings is 1. The summed E-state index contributed by atoms with van der Waals surface area (Å²) in [6.07, 6.45) is 6.92. The maximum absolute atomic E-state index is 13.4. The lowest BCUT2D eigenvalue weighted by molar-refractivity contribution is -0.131. The molecule has 0 aliphatic rings. The number of halogens is 1. The summed E-state index contributed by atoms with van der Waals surface area (Å²) in [4.78, 5) is 10.4. The lowest BCUT2D eigenvalue weighted by atomic mass is 10.1. The summed E-state index contributed by atoms with van der Waals surface area (Å²) in [6, 6.07) is 4.60. The molecule has 1 aromatic rings. The molecule has 0 atom stereocenters. The van der Waals surface area contributed by atoms with Gasteiger partial charge in [0.05, 0.1) is 0 Å². The molecule has 0 saturated carbocycles. The number of aliphatic carboxylic acids is 1. The van der Waals surface area contributed by atoms with E-state index in [0.29, 0.717) is 0 Å². The van der Waals surface area contributed by atoms with Crippen LogP contribution in [0.4, 0.5) is 4.39 Å². The maximum Gasteiger partial charge on any atom is 0.328 e. The first kappa shape index (κ1) is 14.1. The van der Waals surface area contributed by atoms with Crippen LogP contribution in [-0.4, -0.2) is 24.7 Å². The first-order chi connectivity index (χ1) is 8.63. The number of carboxylic acid groups (broad SMARTS) is 1. The van der Waals surface area contributed by atoms with Gasteiger partial charge in [0.25, 0.3) is 0 Å². The Labute approximate surface area is 106 Å². The molecule has 0 bridgehead atoms. The van der Waals surface area contributed by atoms with Crippen molar-refractivity contribution in [3.8, 4) is 0 Å². The number of nitrogens with one attached hydrogen (secondary N) is 1. The molecule has 0 radical (unpaired) electrons. The number of rotatable bonds is 6. The summed E-state index contributed by atoms with van der Waals surface area (Å²) in [5.41, 5.74) is 1.12. The predicted molar refractivity (Wildman–Crippen MR) is 70.6 cm³/mol. The molecular formula is C14H16FNO2. The molecule has 18 heavy (non-hydrogen) atoms. The van der Waals surface area contributed by atoms with Gasteiger partial charge in [-0.1, -0.05) is 18.2 Å². The highest BCUT2D eigenvalue weighted by molar-refractivity contribution is 5.85. The summed E-state index contributed by atoms with van der Waals surface area (Å²) in [5, 5.41) is 11.5. The van der Waals surface area contributed by atoms with E-state index in [1.165, 1.54) is 12.1 Å². The van der Waals surface area contributed by atoms with Crippen LogP contribution in [0.3, 0.4) is 0 Å². The van der Waals surface area contributed by atoms with E-state index in [4.69, 9.17) is 5.11 Å². The van der Waals surface area contributed by atoms with Crippen molar-refractivity contribution in [2.75, 3.05) is 13.6 Å². The van der Waals surface area contributed by atoms with Crippen LogP contribution in [0.5, 0.6) is 0 Å². The third kappa shape index (κ3) is 4.93. The second-order valence-electron chi connectivity index (χ2n) is 3.75. The quantitative estimate of drug-likeness (QED) is 0.601. The minimum absolute atomic E-state index is 0.271. The number of carbonyl (C=O) groups is 1. The molecule has 0 unspecified atom stereocenters. The topological polar surface area (TPSA) is 49.3 Å². The highest BCUT2D eigenvalue weighted by atomic mass is 19.1. The molecule has 0 saturated heterocycles. The fraction of sp³-hybridized carbons (Fsp3) is 0.214. The standard InChI is InChI=1S/C14H16FNO2/c1-16-9-3-2-4-11-5-7-13(15)12(10-11)6-8-14(17)18/h2,4-8,10,16H,3,9H2,1H3,(H,17,18)/b4-2?,8-6+. The largest absolute Gasteiger partial charge is 0.478 e. The van der Waals surface area contributed by atoms with Crippen molar-refractivity contribution >= 4 is 18.1 Å². The van der Waals surface area contributed by atoms with Crippen LogP contribution in [0.2, 0.25) is 0 Å². The molecule has 0 aromatic heterocycles. The summed E-state index contributed by atoms with van der Waals surface area (Å²) >= 11 is 0. The molecule has 3 nitrogen and oxygen atoms in total. The highest BCUT2D eigenvalue weighted by Crippen LogP contribution is 2.13. The van der Waals surface area contributed by atoms with Crippen molar-refractivity contribution < 1.29 is 14.3 Å². The summed E-state index contributed by atoms with van der Waals surface area (Å²) in [6.45, 7) is 0.878. The lowest BCUT2D eigenvalue weighted by Gasteiger charge is -1.99. The van der Waals surface area contributed by atoms with Gasteiger partial charge in [-0.2, -0.15) is 0 Å². The Balaban J connectivity index is 2.80. The third-order valence-electron chi connectivity index (χ3n) is 2.30. The van der Waals surface area contributed by atoms with Gasteiger partial charge in [-0.3, -0.25) is 0 Å². The van der Waals surface area contributed by atoms with Gasteiger partial charge in [0.1, 0.15) is 5.82 Å². The Bertz CT molecular complexity index is 467. The second kappa shape index (κ2) is 7.40. The normalized spacial score (nSPS) is 11.4. The van der Waals surface area contributed by atoms with Crippen molar-refractivity contribution in [3.05, 3.63) is 47.3 Å². The minimum atomic E-state index is -1.09. The van der Waals surface area contributed by atoms with Gasteiger partial charge < -0.3 is 10.4 Å². The molecule has 0 fully saturated rings. The fourth-order valence-electron chi connectivity index (χ4n) is 1.40. The number of hydrogen-bond donors (Lipinski definition) is 2. The molecule has 0 spiro atoms. The Morgan fingerprint density at radius 1 is 1.44 bits per heavy atom. The van der Waals surface area contributed by atoms with Crippen LogP contribution in [0.25, 0.3) is 12.2 Å². The van der Waals surface area contributed by atoms with Crippen molar-refractivity contribution in [1.29, 1.82) is 0 Å². The first-order valence-electron chi connectivity index (χ1n) is 5.65. The molecule has 96 valence electrons. The summed E-state index contributed by atoms with van der Waals surface area (Å²) in [5.74, 6) is -1.52. The molecule has 0 aliphatic carbocycles. The molecule has 1 rings (SSSR count). The number of hydrogen-bond acceptors (Lipinski definition) is 2. The molecule has 2 N–H and O–H groups in total. The monoisotopic (exact) mass is 249 g/mol. The lowest BCUT2D eigenvalue weighted by Crippen LogP contribution is -2.05. The van der Waals surface area contributed by atoms with E-state index >= 15 is 0 Å². The van der Waals surface area contributed by atoms with Gasteiger partial charge in [-0.05, 0) is 43.8 Å². The maximum atomic E-state index is 13.4. The Morgan fingerprint density at radius 2 is 2.22 bits per heavy atom. The van der Waals surface area contributed by atoms with E-state index in [9.17, 15) is 9.18 Å². The van der Waals surface area contributed by atoms with E-state index in [1.54, 1.807) is 12.1 Å². The fourth-order valence-corrected chi connectivity index (χ4v) is 1.40. The van der Waals surface area contributed by atoms with Gasteiger partial charge in [-0.25, -0.2) is 9.18 Å². The van der Waals surface area contributed by atoms with Crippen LogP contribution < -0.4 is 5.32 Å². The zero-order valence-corrected chi connectivity index (χ0v) is 10.2. The molecule has 1 aromatic carbocycles.